The zero-order valence-corrected chi connectivity index (χ0v) is 14.9. The maximum atomic E-state index is 11.9. The molecule has 0 atom stereocenters. The lowest BCUT2D eigenvalue weighted by molar-refractivity contribution is 0.0636. The van der Waals surface area contributed by atoms with Crippen molar-refractivity contribution in [2.45, 2.75) is 70.8 Å². The Morgan fingerprint density at radius 1 is 1.26 bits per heavy atom. The molecule has 0 aromatic heterocycles. The molecule has 1 aliphatic carbocycles. The van der Waals surface area contributed by atoms with Gasteiger partial charge in [0.05, 0.1) is 0 Å². The molecule has 0 unspecified atom stereocenters. The van der Waals surface area contributed by atoms with E-state index in [2.05, 4.69) is 17.4 Å². The standard InChI is InChI=1S/C19H30N2O2/c1-14-12-15(19(13-20)10-6-5-7-11-19)8-9-16(14)21-17(22)23-18(2,3)4/h8-9,12H,5-7,10-11,13,20H2,1-4H3,(H,21,22). The van der Waals surface area contributed by atoms with Gasteiger partial charge >= 0.3 is 6.09 Å². The number of rotatable bonds is 3. The van der Waals surface area contributed by atoms with Crippen molar-refractivity contribution in [3.63, 3.8) is 0 Å². The summed E-state index contributed by atoms with van der Waals surface area (Å²) in [6.45, 7) is 8.28. The Balaban J connectivity index is 2.16. The van der Waals surface area contributed by atoms with Gasteiger partial charge in [-0.05, 0) is 57.7 Å². The smallest absolute Gasteiger partial charge is 0.412 e. The number of carbonyl (C=O) groups excluding carboxylic acids is 1. The van der Waals surface area contributed by atoms with Gasteiger partial charge in [-0.25, -0.2) is 4.79 Å². The minimum atomic E-state index is -0.496. The highest BCUT2D eigenvalue weighted by Gasteiger charge is 2.32. The largest absolute Gasteiger partial charge is 0.444 e. The summed E-state index contributed by atoms with van der Waals surface area (Å²) in [7, 11) is 0. The second-order valence-corrected chi connectivity index (χ2v) is 7.70. The summed E-state index contributed by atoms with van der Waals surface area (Å²) >= 11 is 0. The number of nitrogens with two attached hydrogens (primary N) is 1. The third-order valence-electron chi connectivity index (χ3n) is 4.68. The monoisotopic (exact) mass is 318 g/mol. The van der Waals surface area contributed by atoms with E-state index in [-0.39, 0.29) is 5.41 Å². The predicted octanol–water partition coefficient (Wildman–Crippen LogP) is 4.50. The van der Waals surface area contributed by atoms with Crippen molar-refractivity contribution < 1.29 is 9.53 Å². The van der Waals surface area contributed by atoms with Crippen LogP contribution in [0.4, 0.5) is 10.5 Å². The first-order chi connectivity index (χ1) is 10.8. The van der Waals surface area contributed by atoms with Gasteiger partial charge in [-0.1, -0.05) is 31.4 Å². The van der Waals surface area contributed by atoms with E-state index in [1.807, 2.05) is 33.8 Å². The molecule has 0 aliphatic heterocycles. The van der Waals surface area contributed by atoms with E-state index >= 15 is 0 Å². The Labute approximate surface area is 139 Å². The highest BCUT2D eigenvalue weighted by Crippen LogP contribution is 2.39. The lowest BCUT2D eigenvalue weighted by Gasteiger charge is -2.37. The van der Waals surface area contributed by atoms with E-state index in [1.165, 1.54) is 24.8 Å². The van der Waals surface area contributed by atoms with Gasteiger partial charge in [0.2, 0.25) is 0 Å². The summed E-state index contributed by atoms with van der Waals surface area (Å²) < 4.78 is 5.31. The fraction of sp³-hybridized carbons (Fsp3) is 0.632. The molecule has 0 radical (unpaired) electrons. The van der Waals surface area contributed by atoms with Crippen LogP contribution in [-0.4, -0.2) is 18.2 Å². The van der Waals surface area contributed by atoms with Crippen molar-refractivity contribution in [2.24, 2.45) is 5.73 Å². The number of amides is 1. The molecular formula is C19H30N2O2. The van der Waals surface area contributed by atoms with Gasteiger partial charge in [0.15, 0.2) is 0 Å². The van der Waals surface area contributed by atoms with Gasteiger partial charge in [-0.3, -0.25) is 5.32 Å². The molecule has 1 amide bonds. The number of benzene rings is 1. The number of anilines is 1. The molecule has 23 heavy (non-hydrogen) atoms. The first-order valence-corrected chi connectivity index (χ1v) is 8.57. The fourth-order valence-corrected chi connectivity index (χ4v) is 3.39. The van der Waals surface area contributed by atoms with Crippen molar-refractivity contribution in [2.75, 3.05) is 11.9 Å². The van der Waals surface area contributed by atoms with Crippen LogP contribution in [0.25, 0.3) is 0 Å². The molecule has 1 fully saturated rings. The molecule has 2 rings (SSSR count). The van der Waals surface area contributed by atoms with Crippen LogP contribution in [0.3, 0.4) is 0 Å². The molecule has 128 valence electrons. The highest BCUT2D eigenvalue weighted by atomic mass is 16.6. The summed E-state index contributed by atoms with van der Waals surface area (Å²) in [6, 6.07) is 6.25. The van der Waals surface area contributed by atoms with E-state index in [0.29, 0.717) is 6.54 Å². The molecule has 0 bridgehead atoms. The first kappa shape index (κ1) is 17.8. The fourth-order valence-electron chi connectivity index (χ4n) is 3.39. The van der Waals surface area contributed by atoms with E-state index in [1.54, 1.807) is 0 Å². The number of hydrogen-bond donors (Lipinski definition) is 2. The van der Waals surface area contributed by atoms with Crippen LogP contribution in [0.2, 0.25) is 0 Å². The number of hydrogen-bond acceptors (Lipinski definition) is 3. The summed E-state index contributed by atoms with van der Waals surface area (Å²) in [6.07, 6.45) is 5.68. The van der Waals surface area contributed by atoms with Crippen molar-refractivity contribution in [3.8, 4) is 0 Å². The quantitative estimate of drug-likeness (QED) is 0.862. The van der Waals surface area contributed by atoms with E-state index < -0.39 is 11.7 Å². The van der Waals surface area contributed by atoms with Crippen LogP contribution in [0.5, 0.6) is 0 Å². The minimum absolute atomic E-state index is 0.105. The average Bonchev–Trinajstić information content (AvgIpc) is 2.48. The average molecular weight is 318 g/mol. The molecule has 3 N–H and O–H groups in total. The second kappa shape index (κ2) is 6.91. The first-order valence-electron chi connectivity index (χ1n) is 8.57. The highest BCUT2D eigenvalue weighted by molar-refractivity contribution is 5.86. The van der Waals surface area contributed by atoms with Gasteiger partial charge in [-0.15, -0.1) is 0 Å². The Morgan fingerprint density at radius 3 is 2.43 bits per heavy atom. The van der Waals surface area contributed by atoms with Crippen molar-refractivity contribution in [1.82, 2.24) is 0 Å². The van der Waals surface area contributed by atoms with E-state index in [0.717, 1.165) is 24.1 Å². The summed E-state index contributed by atoms with van der Waals surface area (Å²) in [5.41, 5.74) is 8.87. The van der Waals surface area contributed by atoms with Crippen LogP contribution in [0.15, 0.2) is 18.2 Å². The van der Waals surface area contributed by atoms with Crippen molar-refractivity contribution in [3.05, 3.63) is 29.3 Å². The summed E-state index contributed by atoms with van der Waals surface area (Å²) in [5.74, 6) is 0. The lowest BCUT2D eigenvalue weighted by atomic mass is 9.69. The number of carbonyl (C=O) groups is 1. The maximum Gasteiger partial charge on any atom is 0.412 e. The summed E-state index contributed by atoms with van der Waals surface area (Å²) in [4.78, 5) is 11.9. The molecule has 0 spiro atoms. The van der Waals surface area contributed by atoms with Crippen LogP contribution in [0, 0.1) is 6.92 Å². The summed E-state index contributed by atoms with van der Waals surface area (Å²) in [5, 5.41) is 2.84. The van der Waals surface area contributed by atoms with Crippen LogP contribution in [0.1, 0.15) is 64.0 Å². The number of ether oxygens (including phenoxy) is 1. The lowest BCUT2D eigenvalue weighted by Crippen LogP contribution is -2.37. The molecule has 1 aliphatic rings. The predicted molar refractivity (Wildman–Crippen MR) is 94.9 cm³/mol. The molecule has 4 heteroatoms. The SMILES string of the molecule is Cc1cc(C2(CN)CCCCC2)ccc1NC(=O)OC(C)(C)C. The molecule has 0 heterocycles. The Kier molecular flexibility index (Phi) is 5.35. The zero-order chi connectivity index (χ0) is 17.1. The van der Waals surface area contributed by atoms with Crippen LogP contribution in [-0.2, 0) is 10.2 Å². The molecule has 1 aromatic rings. The van der Waals surface area contributed by atoms with Gasteiger partial charge in [0.25, 0.3) is 0 Å². The van der Waals surface area contributed by atoms with Gasteiger partial charge in [0.1, 0.15) is 5.60 Å². The molecular weight excluding hydrogens is 288 g/mol. The Morgan fingerprint density at radius 2 is 1.91 bits per heavy atom. The van der Waals surface area contributed by atoms with Crippen molar-refractivity contribution in [1.29, 1.82) is 0 Å². The Hall–Kier alpha value is -1.55. The second-order valence-electron chi connectivity index (χ2n) is 7.70. The third-order valence-corrected chi connectivity index (χ3v) is 4.68. The normalized spacial score (nSPS) is 17.6. The topological polar surface area (TPSA) is 64.3 Å². The molecule has 1 aromatic carbocycles. The molecule has 1 saturated carbocycles. The number of nitrogens with one attached hydrogen (secondary N) is 1. The van der Waals surface area contributed by atoms with E-state index in [9.17, 15) is 4.79 Å². The van der Waals surface area contributed by atoms with Crippen LogP contribution >= 0.6 is 0 Å². The van der Waals surface area contributed by atoms with Crippen molar-refractivity contribution >= 4 is 11.8 Å². The minimum Gasteiger partial charge on any atom is -0.444 e. The van der Waals surface area contributed by atoms with Gasteiger partial charge in [0, 0.05) is 17.6 Å². The maximum absolute atomic E-state index is 11.9. The van der Waals surface area contributed by atoms with Crippen LogP contribution < -0.4 is 11.1 Å². The zero-order valence-electron chi connectivity index (χ0n) is 14.9. The van der Waals surface area contributed by atoms with Gasteiger partial charge < -0.3 is 10.5 Å². The molecule has 0 saturated heterocycles. The molecule has 4 nitrogen and oxygen atoms in total. The number of aryl methyl sites for hydroxylation is 1. The Bertz CT molecular complexity index is 555. The van der Waals surface area contributed by atoms with E-state index in [4.69, 9.17) is 10.5 Å². The third kappa shape index (κ3) is 4.47. The van der Waals surface area contributed by atoms with Gasteiger partial charge in [-0.2, -0.15) is 0 Å².